The minimum atomic E-state index is -0.308. The van der Waals surface area contributed by atoms with Gasteiger partial charge < -0.3 is 21.4 Å². The lowest BCUT2D eigenvalue weighted by Crippen LogP contribution is -2.40. The largest absolute Gasteiger partial charge is 0.350 e. The fraction of sp³-hybridized carbons (Fsp3) is 0.286. The van der Waals surface area contributed by atoms with Crippen molar-refractivity contribution < 1.29 is 9.18 Å². The number of hydrogen-bond donors (Lipinski definition) is 3. The van der Waals surface area contributed by atoms with Gasteiger partial charge in [0.2, 0.25) is 0 Å². The van der Waals surface area contributed by atoms with Crippen molar-refractivity contribution in [3.05, 3.63) is 59.5 Å². The number of carbonyl (C=O) groups is 1. The molecule has 140 valence electrons. The molecule has 1 amide bonds. The number of rotatable bonds is 5. The summed E-state index contributed by atoms with van der Waals surface area (Å²) in [7, 11) is 0. The van der Waals surface area contributed by atoms with Crippen molar-refractivity contribution in [2.75, 3.05) is 13.1 Å². The van der Waals surface area contributed by atoms with Gasteiger partial charge in [0.25, 0.3) is 5.91 Å². The van der Waals surface area contributed by atoms with Crippen LogP contribution < -0.4 is 11.5 Å². The van der Waals surface area contributed by atoms with Crippen molar-refractivity contribution in [3.8, 4) is 11.1 Å². The predicted molar refractivity (Wildman–Crippen MR) is 105 cm³/mol. The van der Waals surface area contributed by atoms with Crippen molar-refractivity contribution in [1.29, 1.82) is 0 Å². The van der Waals surface area contributed by atoms with Crippen molar-refractivity contribution in [3.63, 3.8) is 0 Å². The van der Waals surface area contributed by atoms with Gasteiger partial charge in [-0.05, 0) is 48.7 Å². The number of fused-ring (bicyclic) bond motifs is 5. The highest BCUT2D eigenvalue weighted by molar-refractivity contribution is 6.11. The van der Waals surface area contributed by atoms with E-state index in [0.717, 1.165) is 40.4 Å². The highest BCUT2D eigenvalue weighted by Crippen LogP contribution is 2.38. The Hall–Kier alpha value is -2.70. The molecular formula is C21H23FN4O. The second-order valence-electron chi connectivity index (χ2n) is 7.10. The summed E-state index contributed by atoms with van der Waals surface area (Å²) in [5.41, 5.74) is 15.7. The summed E-state index contributed by atoms with van der Waals surface area (Å²) in [6.45, 7) is 1.31. The standard InChI is InChI=1S/C21H23FN4O/c22-14-7-8-16-13(10-14)11-26(12-15(24)4-3-9-23)21(27)20-19(16)17-5-1-2-6-18(17)25-20/h1-2,5-8,10,15,25H,3-4,9,11-12,23-24H2/t15-/m0/s1. The molecule has 0 radical (unpaired) electrons. The smallest absolute Gasteiger partial charge is 0.271 e. The van der Waals surface area contributed by atoms with Crippen LogP contribution in [0.1, 0.15) is 28.9 Å². The molecule has 1 aliphatic rings. The summed E-state index contributed by atoms with van der Waals surface area (Å²) in [4.78, 5) is 18.3. The van der Waals surface area contributed by atoms with Gasteiger partial charge in [-0.25, -0.2) is 4.39 Å². The van der Waals surface area contributed by atoms with E-state index in [1.54, 1.807) is 11.0 Å². The maximum Gasteiger partial charge on any atom is 0.271 e. The van der Waals surface area contributed by atoms with Crippen LogP contribution in [0.15, 0.2) is 42.5 Å². The number of hydrogen-bond acceptors (Lipinski definition) is 3. The van der Waals surface area contributed by atoms with Gasteiger partial charge in [-0.15, -0.1) is 0 Å². The minimum absolute atomic E-state index is 0.110. The average molecular weight is 366 g/mol. The number of nitrogens with one attached hydrogen (secondary N) is 1. The summed E-state index contributed by atoms with van der Waals surface area (Å²) in [5, 5.41) is 0.961. The number of nitrogens with two attached hydrogens (primary N) is 2. The van der Waals surface area contributed by atoms with Gasteiger partial charge in [-0.2, -0.15) is 0 Å². The first-order valence-corrected chi connectivity index (χ1v) is 9.23. The first-order valence-electron chi connectivity index (χ1n) is 9.23. The Morgan fingerprint density at radius 3 is 2.85 bits per heavy atom. The number of aromatic amines is 1. The third-order valence-corrected chi connectivity index (χ3v) is 5.14. The number of carbonyl (C=O) groups excluding carboxylic acids is 1. The van der Waals surface area contributed by atoms with Crippen LogP contribution in [0.2, 0.25) is 0 Å². The van der Waals surface area contributed by atoms with Crippen LogP contribution >= 0.6 is 0 Å². The number of amides is 1. The summed E-state index contributed by atoms with van der Waals surface area (Å²) >= 11 is 0. The number of H-pyrrole nitrogens is 1. The Kier molecular flexibility index (Phi) is 4.68. The van der Waals surface area contributed by atoms with Crippen molar-refractivity contribution in [2.24, 2.45) is 11.5 Å². The van der Waals surface area contributed by atoms with Crippen LogP contribution in [0.4, 0.5) is 4.39 Å². The molecule has 1 aliphatic heterocycles. The van der Waals surface area contributed by atoms with Crippen molar-refractivity contribution in [2.45, 2.75) is 25.4 Å². The molecule has 1 atom stereocenters. The zero-order valence-corrected chi connectivity index (χ0v) is 15.0. The Morgan fingerprint density at radius 2 is 2.04 bits per heavy atom. The molecule has 0 bridgehead atoms. The van der Waals surface area contributed by atoms with Crippen LogP contribution in [0.25, 0.3) is 22.0 Å². The van der Waals surface area contributed by atoms with E-state index >= 15 is 0 Å². The van der Waals surface area contributed by atoms with E-state index in [9.17, 15) is 9.18 Å². The second-order valence-corrected chi connectivity index (χ2v) is 7.10. The Labute approximate surface area is 157 Å². The molecule has 0 aliphatic carbocycles. The molecule has 3 aromatic rings. The van der Waals surface area contributed by atoms with Gasteiger partial charge in [0.05, 0.1) is 0 Å². The Balaban J connectivity index is 1.83. The van der Waals surface area contributed by atoms with Crippen molar-refractivity contribution >= 4 is 16.8 Å². The van der Waals surface area contributed by atoms with Crippen LogP contribution in [-0.4, -0.2) is 34.9 Å². The fourth-order valence-corrected chi connectivity index (χ4v) is 3.86. The van der Waals surface area contributed by atoms with Gasteiger partial charge >= 0.3 is 0 Å². The molecular weight excluding hydrogens is 343 g/mol. The summed E-state index contributed by atoms with van der Waals surface area (Å²) < 4.78 is 13.9. The van der Waals surface area contributed by atoms with Crippen LogP contribution in [0, 0.1) is 5.82 Å². The molecule has 2 aromatic carbocycles. The molecule has 6 heteroatoms. The van der Waals surface area contributed by atoms with E-state index < -0.39 is 0 Å². The molecule has 0 saturated heterocycles. The molecule has 1 aromatic heterocycles. The lowest BCUT2D eigenvalue weighted by Gasteiger charge is -2.24. The van der Waals surface area contributed by atoms with E-state index in [1.165, 1.54) is 12.1 Å². The van der Waals surface area contributed by atoms with Gasteiger partial charge in [0, 0.05) is 35.6 Å². The molecule has 0 unspecified atom stereocenters. The van der Waals surface area contributed by atoms with E-state index in [0.29, 0.717) is 25.3 Å². The molecule has 0 saturated carbocycles. The number of benzene rings is 2. The van der Waals surface area contributed by atoms with Gasteiger partial charge in [0.15, 0.2) is 0 Å². The third kappa shape index (κ3) is 3.22. The first kappa shape index (κ1) is 17.7. The van der Waals surface area contributed by atoms with Crippen LogP contribution in [0.5, 0.6) is 0 Å². The van der Waals surface area contributed by atoms with E-state index in [2.05, 4.69) is 4.98 Å². The maximum absolute atomic E-state index is 13.9. The van der Waals surface area contributed by atoms with E-state index in [1.807, 2.05) is 24.3 Å². The average Bonchev–Trinajstić information content (AvgIpc) is 3.00. The Morgan fingerprint density at radius 1 is 1.22 bits per heavy atom. The second kappa shape index (κ2) is 7.13. The number of halogens is 1. The lowest BCUT2D eigenvalue weighted by molar-refractivity contribution is 0.0729. The SMILES string of the molecule is NCCC[C@H](N)CN1Cc2cc(F)ccc2-c2c([nH]c3ccccc23)C1=O. The predicted octanol–water partition coefficient (Wildman–Crippen LogP) is 3.00. The maximum atomic E-state index is 13.9. The summed E-state index contributed by atoms with van der Waals surface area (Å²) in [6.07, 6.45) is 1.56. The van der Waals surface area contributed by atoms with Gasteiger partial charge in [-0.3, -0.25) is 4.79 Å². The van der Waals surface area contributed by atoms with Crippen LogP contribution in [-0.2, 0) is 6.54 Å². The molecule has 0 fully saturated rings. The molecule has 4 rings (SSSR count). The summed E-state index contributed by atoms with van der Waals surface area (Å²) in [6, 6.07) is 12.3. The van der Waals surface area contributed by atoms with Gasteiger partial charge in [0.1, 0.15) is 11.5 Å². The zero-order valence-electron chi connectivity index (χ0n) is 15.0. The van der Waals surface area contributed by atoms with E-state index in [4.69, 9.17) is 11.5 Å². The normalized spacial score (nSPS) is 14.8. The molecule has 2 heterocycles. The summed E-state index contributed by atoms with van der Waals surface area (Å²) in [5.74, 6) is -0.419. The van der Waals surface area contributed by atoms with Gasteiger partial charge in [-0.1, -0.05) is 24.3 Å². The minimum Gasteiger partial charge on any atom is -0.350 e. The molecule has 5 nitrogen and oxygen atoms in total. The molecule has 5 N–H and O–H groups in total. The highest BCUT2D eigenvalue weighted by Gasteiger charge is 2.30. The third-order valence-electron chi connectivity index (χ3n) is 5.14. The zero-order chi connectivity index (χ0) is 19.0. The van der Waals surface area contributed by atoms with E-state index in [-0.39, 0.29) is 17.8 Å². The van der Waals surface area contributed by atoms with Crippen molar-refractivity contribution in [1.82, 2.24) is 9.88 Å². The van der Waals surface area contributed by atoms with Crippen LogP contribution in [0.3, 0.4) is 0 Å². The molecule has 0 spiro atoms. The monoisotopic (exact) mass is 366 g/mol. The fourth-order valence-electron chi connectivity index (χ4n) is 3.86. The highest BCUT2D eigenvalue weighted by atomic mass is 19.1. The molecule has 27 heavy (non-hydrogen) atoms. The quantitative estimate of drug-likeness (QED) is 0.649. The number of nitrogens with zero attached hydrogens (tertiary/aromatic N) is 1. The topological polar surface area (TPSA) is 88.1 Å². The Bertz CT molecular complexity index is 997. The number of para-hydroxylation sites is 1. The number of aromatic nitrogens is 1. The lowest BCUT2D eigenvalue weighted by atomic mass is 9.97. The first-order chi connectivity index (χ1) is 13.1.